The second kappa shape index (κ2) is 4.81. The summed E-state index contributed by atoms with van der Waals surface area (Å²) in [6, 6.07) is 3.72. The number of anilines is 1. The van der Waals surface area contributed by atoms with E-state index >= 15 is 0 Å². The molecule has 1 saturated heterocycles. The summed E-state index contributed by atoms with van der Waals surface area (Å²) in [7, 11) is 0. The Morgan fingerprint density at radius 1 is 1.42 bits per heavy atom. The van der Waals surface area contributed by atoms with Crippen LogP contribution in [0.15, 0.2) is 30.7 Å². The molecule has 0 radical (unpaired) electrons. The van der Waals surface area contributed by atoms with Crippen LogP contribution >= 0.6 is 0 Å². The Labute approximate surface area is 110 Å². The van der Waals surface area contributed by atoms with E-state index in [-0.39, 0.29) is 11.8 Å². The lowest BCUT2D eigenvalue weighted by molar-refractivity contribution is -0.121. The van der Waals surface area contributed by atoms with E-state index in [1.165, 1.54) is 0 Å². The number of carbonyl (C=O) groups excluding carboxylic acids is 1. The van der Waals surface area contributed by atoms with Crippen molar-refractivity contribution in [1.82, 2.24) is 19.9 Å². The quantitative estimate of drug-likeness (QED) is 0.850. The standard InChI is InChI=1S/C13H15N5O/c1-9-15-4-5-18(9)12-3-2-11(8-16-12)17-13(19)10-6-14-7-10/h2-5,8,10,14H,6-7H2,1H3,(H,17,19). The highest BCUT2D eigenvalue weighted by atomic mass is 16.2. The van der Waals surface area contributed by atoms with Crippen molar-refractivity contribution in [3.8, 4) is 5.82 Å². The van der Waals surface area contributed by atoms with Gasteiger partial charge in [-0.2, -0.15) is 0 Å². The van der Waals surface area contributed by atoms with Crippen LogP contribution in [0.3, 0.4) is 0 Å². The van der Waals surface area contributed by atoms with Gasteiger partial charge in [-0.1, -0.05) is 0 Å². The Morgan fingerprint density at radius 2 is 2.26 bits per heavy atom. The number of aryl methyl sites for hydroxylation is 1. The number of imidazole rings is 1. The van der Waals surface area contributed by atoms with Crippen LogP contribution in [-0.4, -0.2) is 33.5 Å². The predicted octanol–water partition coefficient (Wildman–Crippen LogP) is 0.734. The van der Waals surface area contributed by atoms with Crippen molar-refractivity contribution in [2.45, 2.75) is 6.92 Å². The Morgan fingerprint density at radius 3 is 2.79 bits per heavy atom. The van der Waals surface area contributed by atoms with Crippen LogP contribution in [0.5, 0.6) is 0 Å². The summed E-state index contributed by atoms with van der Waals surface area (Å²) in [4.78, 5) is 20.3. The first-order valence-electron chi connectivity index (χ1n) is 6.22. The van der Waals surface area contributed by atoms with Gasteiger partial charge in [-0.05, 0) is 19.1 Å². The monoisotopic (exact) mass is 257 g/mol. The zero-order valence-corrected chi connectivity index (χ0v) is 10.6. The van der Waals surface area contributed by atoms with Gasteiger partial charge in [-0.3, -0.25) is 9.36 Å². The summed E-state index contributed by atoms with van der Waals surface area (Å²) in [5, 5.41) is 5.94. The van der Waals surface area contributed by atoms with Crippen molar-refractivity contribution in [1.29, 1.82) is 0 Å². The van der Waals surface area contributed by atoms with Crippen molar-refractivity contribution < 1.29 is 4.79 Å². The van der Waals surface area contributed by atoms with Crippen LogP contribution in [0.1, 0.15) is 5.82 Å². The first-order valence-corrected chi connectivity index (χ1v) is 6.22. The largest absolute Gasteiger partial charge is 0.324 e. The van der Waals surface area contributed by atoms with Gasteiger partial charge in [0.05, 0.1) is 17.8 Å². The molecule has 0 bridgehead atoms. The average Bonchev–Trinajstić information content (AvgIpc) is 2.74. The normalized spacial score (nSPS) is 15.0. The van der Waals surface area contributed by atoms with Crippen molar-refractivity contribution in [2.24, 2.45) is 5.92 Å². The molecule has 0 aromatic carbocycles. The highest BCUT2D eigenvalue weighted by Crippen LogP contribution is 2.13. The number of nitrogens with one attached hydrogen (secondary N) is 2. The number of hydrogen-bond acceptors (Lipinski definition) is 4. The smallest absolute Gasteiger partial charge is 0.230 e. The molecule has 0 aliphatic carbocycles. The van der Waals surface area contributed by atoms with E-state index in [1.54, 1.807) is 12.4 Å². The molecule has 1 aliphatic rings. The van der Waals surface area contributed by atoms with Crippen LogP contribution in [0.25, 0.3) is 5.82 Å². The maximum absolute atomic E-state index is 11.8. The first kappa shape index (κ1) is 11.9. The molecule has 6 heteroatoms. The molecule has 2 aromatic rings. The molecule has 0 saturated carbocycles. The Bertz CT molecular complexity index is 585. The number of hydrogen-bond donors (Lipinski definition) is 2. The molecular weight excluding hydrogens is 242 g/mol. The minimum Gasteiger partial charge on any atom is -0.324 e. The van der Waals surface area contributed by atoms with E-state index in [0.717, 1.165) is 30.4 Å². The molecule has 3 rings (SSSR count). The van der Waals surface area contributed by atoms with E-state index in [1.807, 2.05) is 29.8 Å². The molecule has 1 fully saturated rings. The van der Waals surface area contributed by atoms with Crippen LogP contribution in [0.4, 0.5) is 5.69 Å². The lowest BCUT2D eigenvalue weighted by Crippen LogP contribution is -2.48. The van der Waals surface area contributed by atoms with Crippen LogP contribution in [0, 0.1) is 12.8 Å². The minimum absolute atomic E-state index is 0.0483. The van der Waals surface area contributed by atoms with Crippen LogP contribution in [-0.2, 0) is 4.79 Å². The van der Waals surface area contributed by atoms with Crippen LogP contribution < -0.4 is 10.6 Å². The van der Waals surface area contributed by atoms with Crippen molar-refractivity contribution in [3.05, 3.63) is 36.5 Å². The molecule has 0 atom stereocenters. The van der Waals surface area contributed by atoms with E-state index in [9.17, 15) is 4.79 Å². The van der Waals surface area contributed by atoms with Crippen LogP contribution in [0.2, 0.25) is 0 Å². The molecule has 6 nitrogen and oxygen atoms in total. The molecule has 3 heterocycles. The summed E-state index contributed by atoms with van der Waals surface area (Å²) in [6.07, 6.45) is 5.25. The summed E-state index contributed by atoms with van der Waals surface area (Å²) in [5.74, 6) is 1.80. The molecule has 1 amide bonds. The average molecular weight is 257 g/mol. The van der Waals surface area contributed by atoms with Crippen molar-refractivity contribution >= 4 is 11.6 Å². The zero-order valence-electron chi connectivity index (χ0n) is 10.6. The Balaban J connectivity index is 1.72. The van der Waals surface area contributed by atoms with E-state index in [2.05, 4.69) is 20.6 Å². The summed E-state index contributed by atoms with van der Waals surface area (Å²) >= 11 is 0. The summed E-state index contributed by atoms with van der Waals surface area (Å²) in [6.45, 7) is 3.43. The maximum atomic E-state index is 11.8. The van der Waals surface area contributed by atoms with E-state index in [0.29, 0.717) is 0 Å². The molecule has 19 heavy (non-hydrogen) atoms. The topological polar surface area (TPSA) is 71.8 Å². The van der Waals surface area contributed by atoms with Crippen molar-refractivity contribution in [3.63, 3.8) is 0 Å². The van der Waals surface area contributed by atoms with E-state index < -0.39 is 0 Å². The predicted molar refractivity (Wildman–Crippen MR) is 71.1 cm³/mol. The van der Waals surface area contributed by atoms with Gasteiger partial charge in [0, 0.05) is 25.5 Å². The third-order valence-electron chi connectivity index (χ3n) is 3.24. The summed E-state index contributed by atoms with van der Waals surface area (Å²) in [5.41, 5.74) is 0.721. The lowest BCUT2D eigenvalue weighted by atomic mass is 10.0. The first-order chi connectivity index (χ1) is 9.24. The second-order valence-electron chi connectivity index (χ2n) is 4.59. The third-order valence-corrected chi connectivity index (χ3v) is 3.24. The number of pyridine rings is 1. The number of rotatable bonds is 3. The Kier molecular flexibility index (Phi) is 3.00. The maximum Gasteiger partial charge on any atom is 0.230 e. The molecular formula is C13H15N5O. The highest BCUT2D eigenvalue weighted by Gasteiger charge is 2.24. The molecule has 1 aliphatic heterocycles. The fourth-order valence-electron chi connectivity index (χ4n) is 1.94. The van der Waals surface area contributed by atoms with Gasteiger partial charge in [-0.25, -0.2) is 9.97 Å². The number of nitrogens with zero attached hydrogens (tertiary/aromatic N) is 3. The van der Waals surface area contributed by atoms with Gasteiger partial charge in [0.15, 0.2) is 0 Å². The van der Waals surface area contributed by atoms with E-state index in [4.69, 9.17) is 0 Å². The van der Waals surface area contributed by atoms with Gasteiger partial charge >= 0.3 is 0 Å². The number of amides is 1. The fraction of sp³-hybridized carbons (Fsp3) is 0.308. The lowest BCUT2D eigenvalue weighted by Gasteiger charge is -2.25. The zero-order chi connectivity index (χ0) is 13.2. The minimum atomic E-state index is 0.0483. The molecule has 2 N–H and O–H groups in total. The van der Waals surface area contributed by atoms with Gasteiger partial charge < -0.3 is 10.6 Å². The van der Waals surface area contributed by atoms with Gasteiger partial charge in [0.2, 0.25) is 5.91 Å². The second-order valence-corrected chi connectivity index (χ2v) is 4.59. The molecule has 2 aromatic heterocycles. The van der Waals surface area contributed by atoms with Crippen molar-refractivity contribution in [2.75, 3.05) is 18.4 Å². The SMILES string of the molecule is Cc1nccn1-c1ccc(NC(=O)C2CNC2)cn1. The highest BCUT2D eigenvalue weighted by molar-refractivity contribution is 5.93. The van der Waals surface area contributed by atoms with Gasteiger partial charge in [0.25, 0.3) is 0 Å². The van der Waals surface area contributed by atoms with Gasteiger partial charge in [0.1, 0.15) is 11.6 Å². The Hall–Kier alpha value is -2.21. The third kappa shape index (κ3) is 2.34. The molecule has 0 spiro atoms. The fourth-order valence-corrected chi connectivity index (χ4v) is 1.94. The molecule has 98 valence electrons. The van der Waals surface area contributed by atoms with Gasteiger partial charge in [-0.15, -0.1) is 0 Å². The number of carbonyl (C=O) groups is 1. The molecule has 0 unspecified atom stereocenters. The number of aromatic nitrogens is 3. The summed E-state index contributed by atoms with van der Waals surface area (Å²) < 4.78 is 1.89.